The summed E-state index contributed by atoms with van der Waals surface area (Å²) in [6.45, 7) is 3.46. The van der Waals surface area contributed by atoms with Gasteiger partial charge in [0.1, 0.15) is 0 Å². The van der Waals surface area contributed by atoms with Gasteiger partial charge in [-0.3, -0.25) is 0 Å². The molecule has 0 amide bonds. The molecule has 0 fully saturated rings. The molecule has 18 heavy (non-hydrogen) atoms. The average molecular weight is 242 g/mol. The molecule has 1 unspecified atom stereocenters. The predicted molar refractivity (Wildman–Crippen MR) is 77.0 cm³/mol. The molecule has 2 heterocycles. The van der Waals surface area contributed by atoms with E-state index in [9.17, 15) is 0 Å². The maximum absolute atomic E-state index is 3.64. The molecule has 1 aromatic heterocycles. The number of benzene rings is 1. The fourth-order valence-electron chi connectivity index (χ4n) is 3.23. The molecule has 2 heteroatoms. The monoisotopic (exact) mass is 242 g/mol. The zero-order valence-corrected chi connectivity index (χ0v) is 11.4. The Kier molecular flexibility index (Phi) is 3.13. The summed E-state index contributed by atoms with van der Waals surface area (Å²) < 4.78 is 0. The predicted octanol–water partition coefficient (Wildman–Crippen LogP) is 3.37. The van der Waals surface area contributed by atoms with E-state index < -0.39 is 0 Å². The number of likely N-dealkylation sites (N-methyl/N-ethyl adjacent to an activating group) is 1. The van der Waals surface area contributed by atoms with Crippen molar-refractivity contribution in [3.63, 3.8) is 0 Å². The SMILES string of the molecule is CCCC1Cc2[nH]c3ccccc3c2CCN1C. The zero-order chi connectivity index (χ0) is 12.5. The van der Waals surface area contributed by atoms with E-state index in [0.717, 1.165) is 0 Å². The van der Waals surface area contributed by atoms with Crippen LogP contribution in [0.5, 0.6) is 0 Å². The molecule has 0 saturated heterocycles. The standard InChI is InChI=1S/C16H22N2/c1-3-6-12-11-16-14(9-10-18(12)2)13-7-4-5-8-15(13)17-16/h4-5,7-8,12,17H,3,6,9-11H2,1-2H3. The molecule has 3 rings (SSSR count). The van der Waals surface area contributed by atoms with E-state index in [-0.39, 0.29) is 0 Å². The molecule has 2 nitrogen and oxygen atoms in total. The second kappa shape index (κ2) is 4.77. The first-order valence-corrected chi connectivity index (χ1v) is 7.08. The molecule has 0 radical (unpaired) electrons. The molecule has 0 bridgehead atoms. The Bertz CT molecular complexity index is 541. The molecule has 2 aromatic rings. The average Bonchev–Trinajstić information content (AvgIpc) is 2.65. The highest BCUT2D eigenvalue weighted by molar-refractivity contribution is 5.84. The molecule has 1 N–H and O–H groups in total. The van der Waals surface area contributed by atoms with Crippen molar-refractivity contribution in [3.8, 4) is 0 Å². The third kappa shape index (κ3) is 1.95. The first-order valence-electron chi connectivity index (χ1n) is 7.08. The van der Waals surface area contributed by atoms with E-state index >= 15 is 0 Å². The number of nitrogens with zero attached hydrogens (tertiary/aromatic N) is 1. The van der Waals surface area contributed by atoms with Crippen LogP contribution < -0.4 is 0 Å². The van der Waals surface area contributed by atoms with Crippen LogP contribution in [0.25, 0.3) is 10.9 Å². The summed E-state index contributed by atoms with van der Waals surface area (Å²) in [4.78, 5) is 6.17. The van der Waals surface area contributed by atoms with Crippen molar-refractivity contribution in [2.75, 3.05) is 13.6 Å². The van der Waals surface area contributed by atoms with Crippen LogP contribution in [-0.2, 0) is 12.8 Å². The van der Waals surface area contributed by atoms with E-state index in [1.54, 1.807) is 5.56 Å². The van der Waals surface area contributed by atoms with Crippen LogP contribution >= 0.6 is 0 Å². The van der Waals surface area contributed by atoms with Crippen molar-refractivity contribution in [3.05, 3.63) is 35.5 Å². The zero-order valence-electron chi connectivity index (χ0n) is 11.4. The molecule has 0 saturated carbocycles. The number of rotatable bonds is 2. The van der Waals surface area contributed by atoms with Gasteiger partial charge in [0.2, 0.25) is 0 Å². The van der Waals surface area contributed by atoms with Gasteiger partial charge in [0.15, 0.2) is 0 Å². The Morgan fingerprint density at radius 1 is 1.33 bits per heavy atom. The van der Waals surface area contributed by atoms with E-state index in [1.165, 1.54) is 48.8 Å². The maximum atomic E-state index is 3.64. The van der Waals surface area contributed by atoms with Crippen LogP contribution in [0.3, 0.4) is 0 Å². The topological polar surface area (TPSA) is 19.0 Å². The van der Waals surface area contributed by atoms with Crippen LogP contribution in [0.2, 0.25) is 0 Å². The minimum Gasteiger partial charge on any atom is -0.358 e. The van der Waals surface area contributed by atoms with Gasteiger partial charge in [-0.15, -0.1) is 0 Å². The molecule has 1 atom stereocenters. The molecule has 96 valence electrons. The van der Waals surface area contributed by atoms with Gasteiger partial charge in [0, 0.05) is 35.6 Å². The van der Waals surface area contributed by atoms with E-state index in [1.807, 2.05) is 0 Å². The van der Waals surface area contributed by atoms with Gasteiger partial charge in [-0.25, -0.2) is 0 Å². The molecule has 0 spiro atoms. The Balaban J connectivity index is 2.01. The van der Waals surface area contributed by atoms with Gasteiger partial charge >= 0.3 is 0 Å². The second-order valence-electron chi connectivity index (χ2n) is 5.50. The highest BCUT2D eigenvalue weighted by atomic mass is 15.1. The molecule has 1 aromatic carbocycles. The van der Waals surface area contributed by atoms with Crippen LogP contribution in [-0.4, -0.2) is 29.5 Å². The summed E-state index contributed by atoms with van der Waals surface area (Å²) >= 11 is 0. The third-order valence-corrected chi connectivity index (χ3v) is 4.30. The van der Waals surface area contributed by atoms with Crippen LogP contribution in [0.15, 0.2) is 24.3 Å². The lowest BCUT2D eigenvalue weighted by Gasteiger charge is -2.25. The Morgan fingerprint density at radius 3 is 3.00 bits per heavy atom. The van der Waals surface area contributed by atoms with E-state index in [4.69, 9.17) is 0 Å². The van der Waals surface area contributed by atoms with Gasteiger partial charge < -0.3 is 9.88 Å². The summed E-state index contributed by atoms with van der Waals surface area (Å²) in [5.74, 6) is 0. The Morgan fingerprint density at radius 2 is 2.17 bits per heavy atom. The lowest BCUT2D eigenvalue weighted by molar-refractivity contribution is 0.236. The summed E-state index contributed by atoms with van der Waals surface area (Å²) in [6, 6.07) is 9.42. The van der Waals surface area contributed by atoms with Gasteiger partial charge in [0.25, 0.3) is 0 Å². The normalized spacial score (nSPS) is 20.9. The Hall–Kier alpha value is -1.28. The van der Waals surface area contributed by atoms with Crippen molar-refractivity contribution < 1.29 is 0 Å². The summed E-state index contributed by atoms with van der Waals surface area (Å²) in [5.41, 5.74) is 4.33. The number of aromatic nitrogens is 1. The summed E-state index contributed by atoms with van der Waals surface area (Å²) in [7, 11) is 2.27. The minimum absolute atomic E-state index is 0.698. The number of nitrogens with one attached hydrogen (secondary N) is 1. The van der Waals surface area contributed by atoms with Crippen molar-refractivity contribution in [2.24, 2.45) is 0 Å². The fraction of sp³-hybridized carbons (Fsp3) is 0.500. The first kappa shape index (κ1) is 11.8. The number of hydrogen-bond donors (Lipinski definition) is 1. The minimum atomic E-state index is 0.698. The van der Waals surface area contributed by atoms with E-state index in [2.05, 4.69) is 48.1 Å². The van der Waals surface area contributed by atoms with Gasteiger partial charge in [0.05, 0.1) is 0 Å². The van der Waals surface area contributed by atoms with E-state index in [0.29, 0.717) is 6.04 Å². The fourth-order valence-corrected chi connectivity index (χ4v) is 3.23. The lowest BCUT2D eigenvalue weighted by Crippen LogP contribution is -2.33. The highest BCUT2D eigenvalue weighted by Gasteiger charge is 2.22. The summed E-state index contributed by atoms with van der Waals surface area (Å²) in [5, 5.41) is 1.43. The summed E-state index contributed by atoms with van der Waals surface area (Å²) in [6.07, 6.45) is 4.92. The number of fused-ring (bicyclic) bond motifs is 3. The Labute approximate surface area is 109 Å². The van der Waals surface area contributed by atoms with Crippen molar-refractivity contribution >= 4 is 10.9 Å². The molecular weight excluding hydrogens is 220 g/mol. The molecule has 1 aliphatic heterocycles. The molecule has 0 aliphatic carbocycles. The largest absolute Gasteiger partial charge is 0.358 e. The smallest absolute Gasteiger partial charge is 0.0458 e. The first-order chi connectivity index (χ1) is 8.79. The number of H-pyrrole nitrogens is 1. The number of para-hydroxylation sites is 1. The number of aromatic amines is 1. The van der Waals surface area contributed by atoms with Crippen LogP contribution in [0.4, 0.5) is 0 Å². The highest BCUT2D eigenvalue weighted by Crippen LogP contribution is 2.28. The van der Waals surface area contributed by atoms with Crippen molar-refractivity contribution in [1.82, 2.24) is 9.88 Å². The third-order valence-electron chi connectivity index (χ3n) is 4.30. The van der Waals surface area contributed by atoms with Crippen molar-refractivity contribution in [1.29, 1.82) is 0 Å². The van der Waals surface area contributed by atoms with Crippen LogP contribution in [0, 0.1) is 0 Å². The molecular formula is C16H22N2. The quantitative estimate of drug-likeness (QED) is 0.855. The van der Waals surface area contributed by atoms with Gasteiger partial charge in [-0.2, -0.15) is 0 Å². The van der Waals surface area contributed by atoms with Gasteiger partial charge in [-0.1, -0.05) is 31.5 Å². The maximum Gasteiger partial charge on any atom is 0.0458 e. The van der Waals surface area contributed by atoms with Crippen molar-refractivity contribution in [2.45, 2.75) is 38.6 Å². The number of hydrogen-bond acceptors (Lipinski definition) is 1. The van der Waals surface area contributed by atoms with Gasteiger partial charge in [-0.05, 0) is 31.5 Å². The molecule has 1 aliphatic rings. The van der Waals surface area contributed by atoms with Crippen LogP contribution in [0.1, 0.15) is 31.0 Å². The second-order valence-corrected chi connectivity index (χ2v) is 5.50. The lowest BCUT2D eigenvalue weighted by atomic mass is 10.0.